The Labute approximate surface area is 110 Å². The zero-order valence-corrected chi connectivity index (χ0v) is 11.1. The molecule has 2 heterocycles. The predicted molar refractivity (Wildman–Crippen MR) is 71.6 cm³/mol. The van der Waals surface area contributed by atoms with Crippen molar-refractivity contribution >= 4 is 22.9 Å². The molecule has 0 saturated heterocycles. The molecule has 1 unspecified atom stereocenters. The highest BCUT2D eigenvalue weighted by Gasteiger charge is 2.10. The van der Waals surface area contributed by atoms with E-state index in [-0.39, 0.29) is 0 Å². The minimum atomic E-state index is -0.515. The molecule has 17 heavy (non-hydrogen) atoms. The van der Waals surface area contributed by atoms with E-state index in [2.05, 4.69) is 24.0 Å². The van der Waals surface area contributed by atoms with Crippen LogP contribution < -0.4 is 0 Å². The molecule has 0 amide bonds. The second-order valence-electron chi connectivity index (χ2n) is 3.85. The van der Waals surface area contributed by atoms with Crippen molar-refractivity contribution in [3.8, 4) is 0 Å². The highest BCUT2D eigenvalue weighted by molar-refractivity contribution is 7.11. The van der Waals surface area contributed by atoms with Gasteiger partial charge in [0.05, 0.1) is 6.10 Å². The molecule has 0 aliphatic rings. The molecule has 0 radical (unpaired) electrons. The van der Waals surface area contributed by atoms with Crippen LogP contribution in [0.3, 0.4) is 0 Å². The fourth-order valence-corrected chi connectivity index (χ4v) is 2.83. The Balaban J connectivity index is 2.08. The molecule has 0 spiro atoms. The fourth-order valence-electron chi connectivity index (χ4n) is 1.66. The normalized spacial score (nSPS) is 12.6. The number of nitrogens with zero attached hydrogens (tertiary/aromatic N) is 1. The lowest BCUT2D eigenvalue weighted by Crippen LogP contribution is -2.00. The van der Waals surface area contributed by atoms with Gasteiger partial charge in [-0.2, -0.15) is 0 Å². The lowest BCUT2D eigenvalue weighted by atomic mass is 10.1. The minimum Gasteiger partial charge on any atom is -0.388 e. The summed E-state index contributed by atoms with van der Waals surface area (Å²) in [4.78, 5) is 6.45. The Bertz CT molecular complexity index is 498. The number of hydrogen-bond acceptors (Lipinski definition) is 3. The third-order valence-corrected chi connectivity index (χ3v) is 4.05. The van der Waals surface area contributed by atoms with Crippen molar-refractivity contribution in [2.45, 2.75) is 25.9 Å². The Kier molecular flexibility index (Phi) is 4.15. The molecule has 0 saturated carbocycles. The van der Waals surface area contributed by atoms with E-state index in [1.165, 1.54) is 9.75 Å². The van der Waals surface area contributed by atoms with E-state index in [9.17, 15) is 5.11 Å². The van der Waals surface area contributed by atoms with Crippen LogP contribution in [0.25, 0.3) is 0 Å². The monoisotopic (exact) mass is 267 g/mol. The van der Waals surface area contributed by atoms with Gasteiger partial charge in [-0.3, -0.25) is 0 Å². The number of aryl methyl sites for hydroxylation is 1. The third-order valence-electron chi connectivity index (χ3n) is 2.60. The minimum absolute atomic E-state index is 0.418. The van der Waals surface area contributed by atoms with Crippen LogP contribution in [0.1, 0.15) is 28.3 Å². The van der Waals surface area contributed by atoms with Gasteiger partial charge in [-0.15, -0.1) is 11.3 Å². The SMILES string of the molecule is CCc1ccc(CC(O)c2ccnc(Cl)c2)s1. The lowest BCUT2D eigenvalue weighted by Gasteiger charge is -2.09. The number of halogens is 1. The van der Waals surface area contributed by atoms with E-state index < -0.39 is 6.10 Å². The van der Waals surface area contributed by atoms with Crippen molar-refractivity contribution in [2.75, 3.05) is 0 Å². The molecule has 0 bridgehead atoms. The van der Waals surface area contributed by atoms with Gasteiger partial charge in [-0.25, -0.2) is 4.98 Å². The Morgan fingerprint density at radius 2 is 2.12 bits per heavy atom. The maximum Gasteiger partial charge on any atom is 0.129 e. The largest absolute Gasteiger partial charge is 0.388 e. The van der Waals surface area contributed by atoms with Crippen LogP contribution in [-0.2, 0) is 12.8 Å². The molecule has 4 heteroatoms. The summed E-state index contributed by atoms with van der Waals surface area (Å²) in [6, 6.07) is 7.70. The van der Waals surface area contributed by atoms with E-state index in [0.717, 1.165) is 12.0 Å². The van der Waals surface area contributed by atoms with Gasteiger partial charge in [-0.1, -0.05) is 18.5 Å². The summed E-state index contributed by atoms with van der Waals surface area (Å²) in [6.07, 6.45) is 2.78. The first kappa shape index (κ1) is 12.6. The molecule has 2 rings (SSSR count). The van der Waals surface area contributed by atoms with Gasteiger partial charge in [0, 0.05) is 22.4 Å². The maximum atomic E-state index is 10.1. The number of rotatable bonds is 4. The number of aliphatic hydroxyl groups excluding tert-OH is 1. The number of pyridine rings is 1. The Morgan fingerprint density at radius 1 is 1.35 bits per heavy atom. The molecular formula is C13H14ClNOS. The molecule has 1 atom stereocenters. The third kappa shape index (κ3) is 3.28. The first-order chi connectivity index (χ1) is 8.19. The van der Waals surface area contributed by atoms with Crippen molar-refractivity contribution in [1.82, 2.24) is 4.98 Å². The molecule has 0 aromatic carbocycles. The molecule has 1 N–H and O–H groups in total. The number of hydrogen-bond donors (Lipinski definition) is 1. The van der Waals surface area contributed by atoms with E-state index >= 15 is 0 Å². The highest BCUT2D eigenvalue weighted by atomic mass is 35.5. The molecule has 2 aromatic heterocycles. The second-order valence-corrected chi connectivity index (χ2v) is 5.49. The first-order valence-corrected chi connectivity index (χ1v) is 6.75. The van der Waals surface area contributed by atoms with E-state index in [1.54, 1.807) is 29.7 Å². The van der Waals surface area contributed by atoms with Crippen LogP contribution in [-0.4, -0.2) is 10.1 Å². The van der Waals surface area contributed by atoms with E-state index in [1.807, 2.05) is 0 Å². The summed E-state index contributed by atoms with van der Waals surface area (Å²) >= 11 is 7.55. The van der Waals surface area contributed by atoms with Gasteiger partial charge in [0.25, 0.3) is 0 Å². The van der Waals surface area contributed by atoms with Gasteiger partial charge in [0.1, 0.15) is 5.15 Å². The van der Waals surface area contributed by atoms with Crippen molar-refractivity contribution in [3.05, 3.63) is 50.9 Å². The van der Waals surface area contributed by atoms with E-state index in [4.69, 9.17) is 11.6 Å². The van der Waals surface area contributed by atoms with Crippen molar-refractivity contribution in [2.24, 2.45) is 0 Å². The number of thiophene rings is 1. The maximum absolute atomic E-state index is 10.1. The summed E-state index contributed by atoms with van der Waals surface area (Å²) in [6.45, 7) is 2.13. The van der Waals surface area contributed by atoms with Crippen LogP contribution >= 0.6 is 22.9 Å². The molecular weight excluding hydrogens is 254 g/mol. The summed E-state index contributed by atoms with van der Waals surface area (Å²) < 4.78 is 0. The zero-order chi connectivity index (χ0) is 12.3. The molecule has 0 fully saturated rings. The molecule has 2 aromatic rings. The first-order valence-electron chi connectivity index (χ1n) is 5.56. The van der Waals surface area contributed by atoms with Crippen LogP contribution in [0.2, 0.25) is 5.15 Å². The average Bonchev–Trinajstić information content (AvgIpc) is 2.77. The average molecular weight is 268 g/mol. The lowest BCUT2D eigenvalue weighted by molar-refractivity contribution is 0.179. The molecule has 0 aliphatic heterocycles. The Morgan fingerprint density at radius 3 is 2.76 bits per heavy atom. The second kappa shape index (κ2) is 5.63. The molecule has 0 aliphatic carbocycles. The number of aromatic nitrogens is 1. The van der Waals surface area contributed by atoms with Gasteiger partial charge < -0.3 is 5.11 Å². The smallest absolute Gasteiger partial charge is 0.129 e. The van der Waals surface area contributed by atoms with Gasteiger partial charge in [0.15, 0.2) is 0 Å². The highest BCUT2D eigenvalue weighted by Crippen LogP contribution is 2.24. The van der Waals surface area contributed by atoms with Gasteiger partial charge in [-0.05, 0) is 36.2 Å². The van der Waals surface area contributed by atoms with Crippen molar-refractivity contribution in [1.29, 1.82) is 0 Å². The summed E-state index contributed by atoms with van der Waals surface area (Å²) in [7, 11) is 0. The predicted octanol–water partition coefficient (Wildman–Crippen LogP) is 3.64. The van der Waals surface area contributed by atoms with Gasteiger partial charge in [0.2, 0.25) is 0 Å². The fraction of sp³-hybridized carbons (Fsp3) is 0.308. The Hall–Kier alpha value is -0.900. The van der Waals surface area contributed by atoms with Crippen molar-refractivity contribution in [3.63, 3.8) is 0 Å². The standard InChI is InChI=1S/C13H14ClNOS/c1-2-10-3-4-11(17-10)8-12(16)9-5-6-15-13(14)7-9/h3-7,12,16H,2,8H2,1H3. The van der Waals surface area contributed by atoms with Crippen LogP contribution in [0.4, 0.5) is 0 Å². The van der Waals surface area contributed by atoms with Crippen molar-refractivity contribution < 1.29 is 5.11 Å². The van der Waals surface area contributed by atoms with Crippen LogP contribution in [0.5, 0.6) is 0 Å². The van der Waals surface area contributed by atoms with Gasteiger partial charge >= 0.3 is 0 Å². The quantitative estimate of drug-likeness (QED) is 0.858. The van der Waals surface area contributed by atoms with Crippen LogP contribution in [0.15, 0.2) is 30.5 Å². The molecule has 90 valence electrons. The van der Waals surface area contributed by atoms with Crippen LogP contribution in [0, 0.1) is 0 Å². The summed E-state index contributed by atoms with van der Waals surface area (Å²) in [5.41, 5.74) is 0.816. The zero-order valence-electron chi connectivity index (χ0n) is 9.56. The summed E-state index contributed by atoms with van der Waals surface area (Å²) in [5, 5.41) is 10.5. The number of aliphatic hydroxyl groups is 1. The van der Waals surface area contributed by atoms with E-state index in [0.29, 0.717) is 11.6 Å². The molecule has 2 nitrogen and oxygen atoms in total. The summed E-state index contributed by atoms with van der Waals surface area (Å²) in [5.74, 6) is 0. The topological polar surface area (TPSA) is 33.1 Å².